The van der Waals surface area contributed by atoms with Gasteiger partial charge in [-0.25, -0.2) is 0 Å². The van der Waals surface area contributed by atoms with E-state index in [9.17, 15) is 9.59 Å². The number of nitrogens with one attached hydrogen (secondary N) is 1. The number of carbonyl (C=O) groups is 2. The van der Waals surface area contributed by atoms with Gasteiger partial charge in [-0.1, -0.05) is 37.5 Å². The fraction of sp³-hybridized carbons (Fsp3) is 0.385. The van der Waals surface area contributed by atoms with E-state index in [1.54, 1.807) is 16.2 Å². The highest BCUT2D eigenvalue weighted by atomic mass is 32.1. The van der Waals surface area contributed by atoms with Crippen LogP contribution < -0.4 is 14.8 Å². The fourth-order valence-corrected chi connectivity index (χ4v) is 6.15. The number of nitrogens with zero attached hydrogens (tertiary/aromatic N) is 1. The molecule has 1 fully saturated rings. The first kappa shape index (κ1) is 22.9. The average Bonchev–Trinajstić information content (AvgIpc) is 3.62. The van der Waals surface area contributed by atoms with Gasteiger partial charge in [0.25, 0.3) is 0 Å². The van der Waals surface area contributed by atoms with Crippen LogP contribution >= 0.6 is 22.7 Å². The Morgan fingerprint density at radius 3 is 2.56 bits per heavy atom. The molecule has 1 atom stereocenters. The van der Waals surface area contributed by atoms with Gasteiger partial charge in [-0.2, -0.15) is 0 Å². The Morgan fingerprint density at radius 1 is 1.00 bits per heavy atom. The van der Waals surface area contributed by atoms with Crippen LogP contribution in [-0.2, 0) is 22.6 Å². The molecule has 1 N–H and O–H groups in total. The number of carbonyl (C=O) groups excluding carboxylic acids is 2. The Morgan fingerprint density at radius 2 is 1.79 bits per heavy atom. The molecule has 6 nitrogen and oxygen atoms in total. The number of amides is 2. The molecule has 1 saturated carbocycles. The van der Waals surface area contributed by atoms with Crippen molar-refractivity contribution in [3.63, 3.8) is 0 Å². The highest BCUT2D eigenvalue weighted by molar-refractivity contribution is 7.10. The zero-order valence-corrected chi connectivity index (χ0v) is 20.5. The Hall–Kier alpha value is -2.84. The van der Waals surface area contributed by atoms with Gasteiger partial charge in [0.2, 0.25) is 18.6 Å². The van der Waals surface area contributed by atoms with Crippen molar-refractivity contribution in [3.05, 3.63) is 68.5 Å². The monoisotopic (exact) mass is 496 g/mol. The summed E-state index contributed by atoms with van der Waals surface area (Å²) < 4.78 is 11.0. The Balaban J connectivity index is 1.45. The van der Waals surface area contributed by atoms with Crippen LogP contribution in [0.15, 0.2) is 53.2 Å². The standard InChI is InChI=1S/C26H28N2O4S2/c29-24(15-20-8-4-12-33-20)28(16-18-10-11-21-22(14-18)32-17-31-21)25(23-9-5-13-34-23)26(30)27-19-6-2-1-3-7-19/h4-5,8-14,19,25H,1-3,6-7,15-17H2,(H,27,30)/t25-/m0/s1. The van der Waals surface area contributed by atoms with Gasteiger partial charge in [0.05, 0.1) is 6.42 Å². The highest BCUT2D eigenvalue weighted by Gasteiger charge is 2.34. The van der Waals surface area contributed by atoms with Gasteiger partial charge >= 0.3 is 0 Å². The molecule has 0 bridgehead atoms. The van der Waals surface area contributed by atoms with E-state index in [0.717, 1.165) is 41.0 Å². The molecule has 2 amide bonds. The molecular formula is C26H28N2O4S2. The maximum atomic E-state index is 13.7. The molecule has 1 aliphatic heterocycles. The summed E-state index contributed by atoms with van der Waals surface area (Å²) in [5, 5.41) is 7.19. The lowest BCUT2D eigenvalue weighted by Gasteiger charge is -2.33. The van der Waals surface area contributed by atoms with E-state index in [0.29, 0.717) is 18.0 Å². The molecule has 1 aromatic carbocycles. The van der Waals surface area contributed by atoms with E-state index in [1.807, 2.05) is 53.2 Å². The Kier molecular flexibility index (Phi) is 7.16. The summed E-state index contributed by atoms with van der Waals surface area (Å²) in [5.41, 5.74) is 0.899. The van der Waals surface area contributed by atoms with E-state index < -0.39 is 6.04 Å². The van der Waals surface area contributed by atoms with Crippen LogP contribution in [0.3, 0.4) is 0 Å². The quantitative estimate of drug-likeness (QED) is 0.460. The lowest BCUT2D eigenvalue weighted by Crippen LogP contribution is -2.47. The summed E-state index contributed by atoms with van der Waals surface area (Å²) in [7, 11) is 0. The number of thiophene rings is 2. The number of fused-ring (bicyclic) bond motifs is 1. The Labute approximate surface area is 207 Å². The smallest absolute Gasteiger partial charge is 0.248 e. The molecule has 178 valence electrons. The molecular weight excluding hydrogens is 468 g/mol. The third-order valence-corrected chi connectivity index (χ3v) is 8.14. The maximum Gasteiger partial charge on any atom is 0.248 e. The van der Waals surface area contributed by atoms with Crippen molar-refractivity contribution < 1.29 is 19.1 Å². The topological polar surface area (TPSA) is 67.9 Å². The second-order valence-corrected chi connectivity index (χ2v) is 10.7. The highest BCUT2D eigenvalue weighted by Crippen LogP contribution is 2.35. The van der Waals surface area contributed by atoms with E-state index in [4.69, 9.17) is 9.47 Å². The Bertz CT molecular complexity index is 1110. The van der Waals surface area contributed by atoms with Gasteiger partial charge in [0, 0.05) is 22.3 Å². The van der Waals surface area contributed by atoms with Crippen molar-refractivity contribution in [2.75, 3.05) is 6.79 Å². The van der Waals surface area contributed by atoms with Crippen LogP contribution in [0, 0.1) is 0 Å². The number of rotatable bonds is 8. The van der Waals surface area contributed by atoms with Gasteiger partial charge in [-0.3, -0.25) is 9.59 Å². The molecule has 3 heterocycles. The fourth-order valence-electron chi connectivity index (χ4n) is 4.62. The number of hydrogen-bond donors (Lipinski definition) is 1. The summed E-state index contributed by atoms with van der Waals surface area (Å²) >= 11 is 3.06. The zero-order valence-electron chi connectivity index (χ0n) is 18.9. The molecule has 0 unspecified atom stereocenters. The van der Waals surface area contributed by atoms with E-state index >= 15 is 0 Å². The zero-order chi connectivity index (χ0) is 23.3. The molecule has 5 rings (SSSR count). The van der Waals surface area contributed by atoms with Crippen LogP contribution in [0.4, 0.5) is 0 Å². The van der Waals surface area contributed by atoms with Gasteiger partial charge in [-0.05, 0) is 53.4 Å². The minimum atomic E-state index is -0.681. The first-order valence-corrected chi connectivity index (χ1v) is 13.5. The minimum absolute atomic E-state index is 0.0719. The summed E-state index contributed by atoms with van der Waals surface area (Å²) in [4.78, 5) is 31.0. The van der Waals surface area contributed by atoms with Crippen LogP contribution in [-0.4, -0.2) is 29.5 Å². The van der Waals surface area contributed by atoms with E-state index in [1.165, 1.54) is 17.8 Å². The van der Waals surface area contributed by atoms with Crippen LogP contribution in [0.1, 0.15) is 53.5 Å². The first-order valence-electron chi connectivity index (χ1n) is 11.7. The van der Waals surface area contributed by atoms with Gasteiger partial charge in [0.1, 0.15) is 6.04 Å². The molecule has 2 aliphatic rings. The minimum Gasteiger partial charge on any atom is -0.454 e. The molecule has 1 aliphatic carbocycles. The van der Waals surface area contributed by atoms with Crippen LogP contribution in [0.25, 0.3) is 0 Å². The second-order valence-electron chi connectivity index (χ2n) is 8.73. The third-order valence-electron chi connectivity index (χ3n) is 6.34. The lowest BCUT2D eigenvalue weighted by molar-refractivity contribution is -0.141. The van der Waals surface area contributed by atoms with Gasteiger partial charge in [-0.15, -0.1) is 22.7 Å². The summed E-state index contributed by atoms with van der Waals surface area (Å²) in [6.07, 6.45) is 5.74. The summed E-state index contributed by atoms with van der Waals surface area (Å²) in [5.74, 6) is 1.19. The second kappa shape index (κ2) is 10.6. The number of benzene rings is 1. The molecule has 34 heavy (non-hydrogen) atoms. The van der Waals surface area contributed by atoms with Crippen molar-refractivity contribution in [2.24, 2.45) is 0 Å². The molecule has 0 spiro atoms. The van der Waals surface area contributed by atoms with Crippen molar-refractivity contribution in [3.8, 4) is 11.5 Å². The molecule has 8 heteroatoms. The molecule has 0 saturated heterocycles. The van der Waals surface area contributed by atoms with Crippen molar-refractivity contribution in [1.82, 2.24) is 10.2 Å². The average molecular weight is 497 g/mol. The predicted octanol–water partition coefficient (Wildman–Crippen LogP) is 5.30. The largest absolute Gasteiger partial charge is 0.454 e. The summed E-state index contributed by atoms with van der Waals surface area (Å²) in [6.45, 7) is 0.503. The van der Waals surface area contributed by atoms with E-state index in [2.05, 4.69) is 5.32 Å². The van der Waals surface area contributed by atoms with E-state index in [-0.39, 0.29) is 31.1 Å². The van der Waals surface area contributed by atoms with Crippen molar-refractivity contribution >= 4 is 34.5 Å². The predicted molar refractivity (Wildman–Crippen MR) is 133 cm³/mol. The first-order chi connectivity index (χ1) is 16.7. The SMILES string of the molecule is O=C(NC1CCCCC1)[C@H](c1cccs1)N(Cc1ccc2c(c1)OCO2)C(=O)Cc1cccs1. The van der Waals surface area contributed by atoms with Crippen LogP contribution in [0.5, 0.6) is 11.5 Å². The number of ether oxygens (including phenoxy) is 2. The normalized spacial score (nSPS) is 16.2. The van der Waals surface area contributed by atoms with Crippen molar-refractivity contribution in [2.45, 2.75) is 57.2 Å². The molecule has 2 aromatic heterocycles. The van der Waals surface area contributed by atoms with Crippen LogP contribution in [0.2, 0.25) is 0 Å². The molecule has 0 radical (unpaired) electrons. The summed E-state index contributed by atoms with van der Waals surface area (Å²) in [6, 6.07) is 13.0. The van der Waals surface area contributed by atoms with Gasteiger partial charge < -0.3 is 19.7 Å². The molecule has 3 aromatic rings. The van der Waals surface area contributed by atoms with Gasteiger partial charge in [0.15, 0.2) is 11.5 Å². The lowest BCUT2D eigenvalue weighted by atomic mass is 9.95. The third kappa shape index (κ3) is 5.28. The maximum absolute atomic E-state index is 13.7. The number of hydrogen-bond acceptors (Lipinski definition) is 6. The van der Waals surface area contributed by atoms with Crippen molar-refractivity contribution in [1.29, 1.82) is 0 Å².